The van der Waals surface area contributed by atoms with Gasteiger partial charge in [-0.1, -0.05) is 26.7 Å². The van der Waals surface area contributed by atoms with Crippen molar-refractivity contribution in [2.75, 3.05) is 13.2 Å². The molecule has 1 aromatic rings. The zero-order valence-electron chi connectivity index (χ0n) is 15.9. The van der Waals surface area contributed by atoms with Gasteiger partial charge in [-0.15, -0.1) is 0 Å². The Balaban J connectivity index is 2.06. The number of furan rings is 1. The van der Waals surface area contributed by atoms with E-state index in [9.17, 15) is 14.4 Å². The van der Waals surface area contributed by atoms with E-state index in [0.717, 1.165) is 19.3 Å². The molecule has 0 aliphatic rings. The lowest BCUT2D eigenvalue weighted by Crippen LogP contribution is -2.35. The van der Waals surface area contributed by atoms with E-state index in [2.05, 4.69) is 24.5 Å². The molecule has 7 heteroatoms. The van der Waals surface area contributed by atoms with E-state index in [1.165, 1.54) is 6.26 Å². The molecule has 0 aliphatic carbocycles. The van der Waals surface area contributed by atoms with E-state index in [-0.39, 0.29) is 36.6 Å². The lowest BCUT2D eigenvalue weighted by atomic mass is 10.0. The SMILES string of the molecule is CC(C)CCCC(C)NC(=O)COC(=O)CCCNC(=O)c1ccco1. The van der Waals surface area contributed by atoms with E-state index in [4.69, 9.17) is 9.15 Å². The van der Waals surface area contributed by atoms with Crippen molar-refractivity contribution in [2.45, 2.75) is 58.9 Å². The van der Waals surface area contributed by atoms with Crippen LogP contribution in [0.2, 0.25) is 0 Å². The van der Waals surface area contributed by atoms with E-state index < -0.39 is 5.97 Å². The molecular formula is C19H30N2O5. The first-order valence-corrected chi connectivity index (χ1v) is 9.15. The molecule has 0 saturated carbocycles. The van der Waals surface area contributed by atoms with Gasteiger partial charge in [-0.25, -0.2) is 0 Å². The number of carbonyl (C=O) groups is 3. The Labute approximate surface area is 154 Å². The van der Waals surface area contributed by atoms with Gasteiger partial charge in [-0.05, 0) is 37.8 Å². The van der Waals surface area contributed by atoms with Crippen LogP contribution in [0.5, 0.6) is 0 Å². The smallest absolute Gasteiger partial charge is 0.306 e. The fourth-order valence-corrected chi connectivity index (χ4v) is 2.37. The summed E-state index contributed by atoms with van der Waals surface area (Å²) in [6, 6.07) is 3.26. The molecule has 1 atom stereocenters. The van der Waals surface area contributed by atoms with Crippen molar-refractivity contribution in [1.29, 1.82) is 0 Å². The van der Waals surface area contributed by atoms with Crippen LogP contribution in [0.4, 0.5) is 0 Å². The molecule has 1 rings (SSSR count). The second-order valence-electron chi connectivity index (χ2n) is 6.79. The minimum atomic E-state index is -0.458. The Bertz CT molecular complexity index is 554. The molecule has 2 amide bonds. The zero-order valence-corrected chi connectivity index (χ0v) is 15.9. The lowest BCUT2D eigenvalue weighted by molar-refractivity contribution is -0.148. The summed E-state index contributed by atoms with van der Waals surface area (Å²) in [5, 5.41) is 5.46. The third-order valence-corrected chi connectivity index (χ3v) is 3.78. The number of nitrogens with one attached hydrogen (secondary N) is 2. The Kier molecular flexibility index (Phi) is 10.1. The molecular weight excluding hydrogens is 336 g/mol. The van der Waals surface area contributed by atoms with Gasteiger partial charge in [0.1, 0.15) is 0 Å². The van der Waals surface area contributed by atoms with E-state index in [1.807, 2.05) is 6.92 Å². The summed E-state index contributed by atoms with van der Waals surface area (Å²) in [6.07, 6.45) is 5.08. The van der Waals surface area contributed by atoms with Crippen LogP contribution in [0.3, 0.4) is 0 Å². The molecule has 0 aromatic carbocycles. The van der Waals surface area contributed by atoms with Gasteiger partial charge in [0.05, 0.1) is 6.26 Å². The van der Waals surface area contributed by atoms with Crippen LogP contribution in [0.25, 0.3) is 0 Å². The third-order valence-electron chi connectivity index (χ3n) is 3.78. The minimum absolute atomic E-state index is 0.0664. The van der Waals surface area contributed by atoms with Crippen molar-refractivity contribution in [2.24, 2.45) is 5.92 Å². The second kappa shape index (κ2) is 12.1. The van der Waals surface area contributed by atoms with Crippen LogP contribution in [0.15, 0.2) is 22.8 Å². The summed E-state index contributed by atoms with van der Waals surface area (Å²) < 4.78 is 9.90. The Hall–Kier alpha value is -2.31. The molecule has 0 saturated heterocycles. The number of hydrogen-bond acceptors (Lipinski definition) is 5. The molecule has 1 aromatic heterocycles. The molecule has 0 fully saturated rings. The van der Waals surface area contributed by atoms with Gasteiger partial charge in [0.25, 0.3) is 11.8 Å². The molecule has 146 valence electrons. The highest BCUT2D eigenvalue weighted by Crippen LogP contribution is 2.08. The molecule has 0 aliphatic heterocycles. The van der Waals surface area contributed by atoms with Gasteiger partial charge >= 0.3 is 5.97 Å². The molecule has 2 N–H and O–H groups in total. The third kappa shape index (κ3) is 9.86. The highest BCUT2D eigenvalue weighted by atomic mass is 16.5. The lowest BCUT2D eigenvalue weighted by Gasteiger charge is -2.14. The number of ether oxygens (including phenoxy) is 1. The standard InChI is InChI=1S/C19H30N2O5/c1-14(2)7-4-8-15(3)21-17(22)13-26-18(23)10-5-11-20-19(24)16-9-6-12-25-16/h6,9,12,14-15H,4-5,7-8,10-11,13H2,1-3H3,(H,20,24)(H,21,22). The molecule has 0 radical (unpaired) electrons. The Morgan fingerprint density at radius 3 is 2.58 bits per heavy atom. The van der Waals surface area contributed by atoms with Gasteiger partial charge in [0.2, 0.25) is 0 Å². The number of amides is 2. The first-order chi connectivity index (χ1) is 12.4. The summed E-state index contributed by atoms with van der Waals surface area (Å²) in [6.45, 7) is 6.35. The van der Waals surface area contributed by atoms with Crippen LogP contribution < -0.4 is 10.6 Å². The maximum atomic E-state index is 11.7. The van der Waals surface area contributed by atoms with Gasteiger partial charge in [-0.3, -0.25) is 14.4 Å². The van der Waals surface area contributed by atoms with Gasteiger partial charge in [0, 0.05) is 19.0 Å². The Morgan fingerprint density at radius 1 is 1.15 bits per heavy atom. The normalized spacial score (nSPS) is 11.8. The molecule has 1 unspecified atom stereocenters. The largest absolute Gasteiger partial charge is 0.459 e. The quantitative estimate of drug-likeness (QED) is 0.438. The number of rotatable bonds is 12. The number of hydrogen-bond donors (Lipinski definition) is 2. The first kappa shape index (κ1) is 21.7. The highest BCUT2D eigenvalue weighted by Gasteiger charge is 2.11. The van der Waals surface area contributed by atoms with Crippen molar-refractivity contribution in [1.82, 2.24) is 10.6 Å². The van der Waals surface area contributed by atoms with Crippen LogP contribution in [0, 0.1) is 5.92 Å². The topological polar surface area (TPSA) is 97.6 Å². The van der Waals surface area contributed by atoms with E-state index >= 15 is 0 Å². The molecule has 26 heavy (non-hydrogen) atoms. The number of carbonyl (C=O) groups excluding carboxylic acids is 3. The van der Waals surface area contributed by atoms with Crippen LogP contribution in [-0.2, 0) is 14.3 Å². The maximum absolute atomic E-state index is 11.7. The van der Waals surface area contributed by atoms with Crippen molar-refractivity contribution in [3.8, 4) is 0 Å². The first-order valence-electron chi connectivity index (χ1n) is 9.15. The van der Waals surface area contributed by atoms with Gasteiger partial charge in [-0.2, -0.15) is 0 Å². The van der Waals surface area contributed by atoms with Gasteiger partial charge < -0.3 is 19.8 Å². The highest BCUT2D eigenvalue weighted by molar-refractivity contribution is 5.91. The zero-order chi connectivity index (χ0) is 19.4. The fraction of sp³-hybridized carbons (Fsp3) is 0.632. The fourth-order valence-electron chi connectivity index (χ4n) is 2.37. The van der Waals surface area contributed by atoms with E-state index in [0.29, 0.717) is 18.9 Å². The molecule has 0 bridgehead atoms. The Morgan fingerprint density at radius 2 is 1.92 bits per heavy atom. The minimum Gasteiger partial charge on any atom is -0.459 e. The average Bonchev–Trinajstić information content (AvgIpc) is 3.11. The van der Waals surface area contributed by atoms with Crippen LogP contribution in [-0.4, -0.2) is 37.0 Å². The molecule has 0 spiro atoms. The van der Waals surface area contributed by atoms with Crippen molar-refractivity contribution in [3.63, 3.8) is 0 Å². The van der Waals surface area contributed by atoms with Crippen molar-refractivity contribution >= 4 is 17.8 Å². The molecule has 1 heterocycles. The summed E-state index contributed by atoms with van der Waals surface area (Å²) in [5.74, 6) is -0.190. The van der Waals surface area contributed by atoms with Crippen LogP contribution >= 0.6 is 0 Å². The summed E-state index contributed by atoms with van der Waals surface area (Å²) >= 11 is 0. The molecule has 7 nitrogen and oxygen atoms in total. The van der Waals surface area contributed by atoms with Crippen molar-refractivity contribution < 1.29 is 23.5 Å². The van der Waals surface area contributed by atoms with E-state index in [1.54, 1.807) is 12.1 Å². The second-order valence-corrected chi connectivity index (χ2v) is 6.79. The predicted molar refractivity (Wildman–Crippen MR) is 97.5 cm³/mol. The monoisotopic (exact) mass is 366 g/mol. The summed E-state index contributed by atoms with van der Waals surface area (Å²) in [5.41, 5.74) is 0. The number of esters is 1. The predicted octanol–water partition coefficient (Wildman–Crippen LogP) is 2.66. The maximum Gasteiger partial charge on any atom is 0.306 e. The summed E-state index contributed by atoms with van der Waals surface area (Å²) in [4.78, 5) is 35.0. The average molecular weight is 366 g/mol. The van der Waals surface area contributed by atoms with Crippen LogP contribution in [0.1, 0.15) is 63.4 Å². The summed E-state index contributed by atoms with van der Waals surface area (Å²) in [7, 11) is 0. The van der Waals surface area contributed by atoms with Crippen molar-refractivity contribution in [3.05, 3.63) is 24.2 Å². The van der Waals surface area contributed by atoms with Gasteiger partial charge in [0.15, 0.2) is 12.4 Å².